The smallest absolute Gasteiger partial charge is 0.162 e. The van der Waals surface area contributed by atoms with Crippen LogP contribution in [0.25, 0.3) is 11.4 Å². The van der Waals surface area contributed by atoms with Crippen LogP contribution in [0.5, 0.6) is 0 Å². The van der Waals surface area contributed by atoms with Crippen molar-refractivity contribution in [3.05, 3.63) is 36.5 Å². The first-order valence-corrected chi connectivity index (χ1v) is 4.95. The molecule has 0 radical (unpaired) electrons. The second-order valence-corrected chi connectivity index (χ2v) is 3.16. The van der Waals surface area contributed by atoms with Gasteiger partial charge in [0.2, 0.25) is 0 Å². The zero-order chi connectivity index (χ0) is 10.5. The lowest BCUT2D eigenvalue weighted by atomic mass is 10.3. The van der Waals surface area contributed by atoms with E-state index in [1.54, 1.807) is 18.7 Å². The van der Waals surface area contributed by atoms with Crippen molar-refractivity contribution in [2.75, 3.05) is 6.54 Å². The van der Waals surface area contributed by atoms with Gasteiger partial charge in [0.15, 0.2) is 5.82 Å². The lowest BCUT2D eigenvalue weighted by Crippen LogP contribution is -2.13. The number of rotatable bonds is 4. The molecule has 2 rings (SSSR count). The maximum atomic E-state index is 4.99. The standard InChI is InChI=1S/C11H13N3O/c1-2-12-7-10-3-5-13-11(14-10)9-4-6-15-8-9/h3-6,8,12H,2,7H2,1H3. The second-order valence-electron chi connectivity index (χ2n) is 3.16. The highest BCUT2D eigenvalue weighted by atomic mass is 16.3. The van der Waals surface area contributed by atoms with Gasteiger partial charge in [-0.3, -0.25) is 0 Å². The largest absolute Gasteiger partial charge is 0.472 e. The van der Waals surface area contributed by atoms with Gasteiger partial charge in [0.25, 0.3) is 0 Å². The molecular formula is C11H13N3O. The Morgan fingerprint density at radius 2 is 2.33 bits per heavy atom. The molecule has 78 valence electrons. The van der Waals surface area contributed by atoms with Crippen molar-refractivity contribution in [2.45, 2.75) is 13.5 Å². The zero-order valence-corrected chi connectivity index (χ0v) is 8.60. The molecule has 4 nitrogen and oxygen atoms in total. The summed E-state index contributed by atoms with van der Waals surface area (Å²) in [5.74, 6) is 0.708. The van der Waals surface area contributed by atoms with Crippen molar-refractivity contribution in [2.24, 2.45) is 0 Å². The molecule has 0 spiro atoms. The predicted octanol–water partition coefficient (Wildman–Crippen LogP) is 1.85. The van der Waals surface area contributed by atoms with Gasteiger partial charge in [-0.2, -0.15) is 0 Å². The maximum absolute atomic E-state index is 4.99. The molecule has 0 aliphatic rings. The monoisotopic (exact) mass is 203 g/mol. The quantitative estimate of drug-likeness (QED) is 0.823. The average molecular weight is 203 g/mol. The van der Waals surface area contributed by atoms with Crippen LogP contribution in [-0.4, -0.2) is 16.5 Å². The molecule has 4 heteroatoms. The summed E-state index contributed by atoms with van der Waals surface area (Å²) in [6.45, 7) is 3.77. The molecule has 0 fully saturated rings. The predicted molar refractivity (Wildman–Crippen MR) is 57.1 cm³/mol. The van der Waals surface area contributed by atoms with Crippen LogP contribution in [0.1, 0.15) is 12.6 Å². The Bertz CT molecular complexity index is 412. The molecule has 0 aromatic carbocycles. The minimum atomic E-state index is 0.708. The van der Waals surface area contributed by atoms with E-state index in [0.717, 1.165) is 24.3 Å². The molecule has 0 unspecified atom stereocenters. The summed E-state index contributed by atoms with van der Waals surface area (Å²) < 4.78 is 4.99. The molecule has 2 aromatic heterocycles. The maximum Gasteiger partial charge on any atom is 0.162 e. The molecule has 0 aliphatic heterocycles. The average Bonchev–Trinajstić information content (AvgIpc) is 2.80. The summed E-state index contributed by atoms with van der Waals surface area (Å²) in [4.78, 5) is 8.61. The van der Waals surface area contributed by atoms with Crippen molar-refractivity contribution in [1.29, 1.82) is 0 Å². The van der Waals surface area contributed by atoms with Gasteiger partial charge in [-0.05, 0) is 18.7 Å². The highest BCUT2D eigenvalue weighted by Crippen LogP contribution is 2.14. The molecule has 0 saturated heterocycles. The van der Waals surface area contributed by atoms with Crippen molar-refractivity contribution < 1.29 is 4.42 Å². The van der Waals surface area contributed by atoms with Crippen LogP contribution < -0.4 is 5.32 Å². The Hall–Kier alpha value is -1.68. The third-order valence-corrected chi connectivity index (χ3v) is 2.05. The van der Waals surface area contributed by atoms with Gasteiger partial charge < -0.3 is 9.73 Å². The van der Waals surface area contributed by atoms with E-state index in [1.165, 1.54) is 0 Å². The number of aromatic nitrogens is 2. The first kappa shape index (κ1) is 9.86. The Balaban J connectivity index is 2.19. The topological polar surface area (TPSA) is 51.0 Å². The molecule has 0 amide bonds. The van der Waals surface area contributed by atoms with Crippen molar-refractivity contribution in [1.82, 2.24) is 15.3 Å². The minimum absolute atomic E-state index is 0.708. The van der Waals surface area contributed by atoms with E-state index >= 15 is 0 Å². The molecule has 2 aromatic rings. The highest BCUT2D eigenvalue weighted by Gasteiger charge is 2.03. The normalized spacial score (nSPS) is 10.5. The molecule has 0 aliphatic carbocycles. The molecular weight excluding hydrogens is 190 g/mol. The summed E-state index contributed by atoms with van der Waals surface area (Å²) in [6, 6.07) is 3.76. The zero-order valence-electron chi connectivity index (χ0n) is 8.60. The fourth-order valence-electron chi connectivity index (χ4n) is 1.28. The molecule has 0 saturated carbocycles. The van der Waals surface area contributed by atoms with Crippen LogP contribution in [0.4, 0.5) is 0 Å². The van der Waals surface area contributed by atoms with Crippen molar-refractivity contribution in [3.8, 4) is 11.4 Å². The van der Waals surface area contributed by atoms with Crippen LogP contribution >= 0.6 is 0 Å². The van der Waals surface area contributed by atoms with Crippen LogP contribution in [0, 0.1) is 0 Å². The van der Waals surface area contributed by atoms with Gasteiger partial charge in [0, 0.05) is 12.7 Å². The van der Waals surface area contributed by atoms with E-state index in [9.17, 15) is 0 Å². The molecule has 1 N–H and O–H groups in total. The van der Waals surface area contributed by atoms with E-state index in [2.05, 4.69) is 22.2 Å². The van der Waals surface area contributed by atoms with Crippen LogP contribution in [0.3, 0.4) is 0 Å². The van der Waals surface area contributed by atoms with Gasteiger partial charge >= 0.3 is 0 Å². The van der Waals surface area contributed by atoms with Crippen LogP contribution in [0.15, 0.2) is 35.3 Å². The van der Waals surface area contributed by atoms with Crippen LogP contribution in [0.2, 0.25) is 0 Å². The molecule has 2 heterocycles. The van der Waals surface area contributed by atoms with Gasteiger partial charge in [0.1, 0.15) is 6.26 Å². The molecule has 0 bridgehead atoms. The number of nitrogens with zero attached hydrogens (tertiary/aromatic N) is 2. The van der Waals surface area contributed by atoms with Gasteiger partial charge in [-0.25, -0.2) is 9.97 Å². The van der Waals surface area contributed by atoms with Crippen LogP contribution in [-0.2, 0) is 6.54 Å². The fraction of sp³-hybridized carbons (Fsp3) is 0.273. The van der Waals surface area contributed by atoms with Crippen molar-refractivity contribution in [3.63, 3.8) is 0 Å². The van der Waals surface area contributed by atoms with E-state index in [0.29, 0.717) is 5.82 Å². The number of hydrogen-bond acceptors (Lipinski definition) is 4. The number of nitrogens with one attached hydrogen (secondary N) is 1. The lowest BCUT2D eigenvalue weighted by molar-refractivity contribution is 0.568. The van der Waals surface area contributed by atoms with E-state index in [-0.39, 0.29) is 0 Å². The minimum Gasteiger partial charge on any atom is -0.472 e. The first-order valence-electron chi connectivity index (χ1n) is 4.95. The Morgan fingerprint density at radius 1 is 1.40 bits per heavy atom. The number of hydrogen-bond donors (Lipinski definition) is 1. The third kappa shape index (κ3) is 2.41. The first-order chi connectivity index (χ1) is 7.40. The Kier molecular flexibility index (Phi) is 3.09. The summed E-state index contributed by atoms with van der Waals surface area (Å²) >= 11 is 0. The van der Waals surface area contributed by atoms with E-state index in [1.807, 2.05) is 12.1 Å². The lowest BCUT2D eigenvalue weighted by Gasteiger charge is -2.02. The molecule has 0 atom stereocenters. The van der Waals surface area contributed by atoms with E-state index < -0.39 is 0 Å². The second kappa shape index (κ2) is 4.70. The Morgan fingerprint density at radius 3 is 3.07 bits per heavy atom. The summed E-state index contributed by atoms with van der Waals surface area (Å²) in [6.07, 6.45) is 5.03. The highest BCUT2D eigenvalue weighted by molar-refractivity contribution is 5.52. The fourth-order valence-corrected chi connectivity index (χ4v) is 1.28. The van der Waals surface area contributed by atoms with Gasteiger partial charge in [0.05, 0.1) is 17.5 Å². The summed E-state index contributed by atoms with van der Waals surface area (Å²) in [5, 5.41) is 3.22. The summed E-state index contributed by atoms with van der Waals surface area (Å²) in [5.41, 5.74) is 1.90. The van der Waals surface area contributed by atoms with Gasteiger partial charge in [-0.1, -0.05) is 6.92 Å². The molecule has 15 heavy (non-hydrogen) atoms. The summed E-state index contributed by atoms with van der Waals surface area (Å²) in [7, 11) is 0. The Labute approximate surface area is 88.4 Å². The van der Waals surface area contributed by atoms with Crippen molar-refractivity contribution >= 4 is 0 Å². The number of furan rings is 1. The third-order valence-electron chi connectivity index (χ3n) is 2.05. The SMILES string of the molecule is CCNCc1ccnc(-c2ccoc2)n1. The van der Waals surface area contributed by atoms with E-state index in [4.69, 9.17) is 4.42 Å². The van der Waals surface area contributed by atoms with Gasteiger partial charge in [-0.15, -0.1) is 0 Å².